The molecule has 1 aliphatic carbocycles. The summed E-state index contributed by atoms with van der Waals surface area (Å²) in [7, 11) is 0. The molecule has 5 heteroatoms. The Bertz CT molecular complexity index is 496. The fourth-order valence-corrected chi connectivity index (χ4v) is 3.27. The number of hydrogen-bond donors (Lipinski definition) is 0. The van der Waals surface area contributed by atoms with Crippen LogP contribution in [0.4, 0.5) is 0 Å². The molecule has 1 atom stereocenters. The molecule has 3 nitrogen and oxygen atoms in total. The molecule has 2 aliphatic rings. The summed E-state index contributed by atoms with van der Waals surface area (Å²) in [5, 5.41) is 1.19. The first-order valence-corrected chi connectivity index (χ1v) is 7.75. The highest BCUT2D eigenvalue weighted by molar-refractivity contribution is 6.34. The third-order valence-corrected chi connectivity index (χ3v) is 4.53. The lowest BCUT2D eigenvalue weighted by Crippen LogP contribution is -2.46. The summed E-state index contributed by atoms with van der Waals surface area (Å²) in [6, 6.07) is 5.41. The summed E-state index contributed by atoms with van der Waals surface area (Å²) in [6.45, 7) is 1.83. The van der Waals surface area contributed by atoms with Gasteiger partial charge in [0.25, 0.3) is 0 Å². The number of nitrogens with zero attached hydrogens (tertiary/aromatic N) is 1. The Morgan fingerprint density at radius 2 is 1.90 bits per heavy atom. The summed E-state index contributed by atoms with van der Waals surface area (Å²) in [4.78, 5) is 14.2. The first-order chi connectivity index (χ1) is 9.63. The summed E-state index contributed by atoms with van der Waals surface area (Å²) in [5.41, 5.74) is 0.939. The Labute approximate surface area is 128 Å². The van der Waals surface area contributed by atoms with Gasteiger partial charge >= 0.3 is 0 Å². The van der Waals surface area contributed by atoms with Gasteiger partial charge in [-0.25, -0.2) is 0 Å². The lowest BCUT2D eigenvalue weighted by molar-refractivity contribution is -0.146. The molecule has 20 heavy (non-hydrogen) atoms. The van der Waals surface area contributed by atoms with Crippen molar-refractivity contribution in [2.45, 2.75) is 25.4 Å². The smallest absolute Gasteiger partial charge is 0.225 e. The number of halogens is 2. The highest BCUT2D eigenvalue weighted by atomic mass is 35.5. The van der Waals surface area contributed by atoms with Crippen LogP contribution in [0.25, 0.3) is 0 Å². The first-order valence-electron chi connectivity index (χ1n) is 7.00. The van der Waals surface area contributed by atoms with E-state index in [2.05, 4.69) is 0 Å². The molecule has 1 amide bonds. The third kappa shape index (κ3) is 2.95. The highest BCUT2D eigenvalue weighted by Crippen LogP contribution is 2.32. The normalized spacial score (nSPS) is 23.5. The Balaban J connectivity index is 1.72. The van der Waals surface area contributed by atoms with Gasteiger partial charge in [-0.15, -0.1) is 0 Å². The maximum atomic E-state index is 12.3. The van der Waals surface area contributed by atoms with Crippen LogP contribution in [0.3, 0.4) is 0 Å². The van der Waals surface area contributed by atoms with Crippen LogP contribution in [0, 0.1) is 5.92 Å². The molecule has 0 aromatic heterocycles. The quantitative estimate of drug-likeness (QED) is 0.833. The molecule has 2 fully saturated rings. The van der Waals surface area contributed by atoms with Gasteiger partial charge in [0.1, 0.15) is 6.10 Å². The zero-order valence-corrected chi connectivity index (χ0v) is 12.7. The fraction of sp³-hybridized carbons (Fsp3) is 0.533. The molecule has 3 rings (SSSR count). The molecule has 108 valence electrons. The first kappa shape index (κ1) is 14.2. The number of rotatable bonds is 2. The van der Waals surface area contributed by atoms with Crippen molar-refractivity contribution in [3.63, 3.8) is 0 Å². The molecular formula is C15H17Cl2NO2. The number of ether oxygens (including phenoxy) is 1. The second-order valence-corrected chi connectivity index (χ2v) is 6.35. The van der Waals surface area contributed by atoms with E-state index in [-0.39, 0.29) is 17.9 Å². The maximum Gasteiger partial charge on any atom is 0.225 e. The second kappa shape index (κ2) is 5.92. The predicted octanol–water partition coefficient (Wildman–Crippen LogP) is 3.69. The van der Waals surface area contributed by atoms with Crippen molar-refractivity contribution in [2.24, 2.45) is 5.92 Å². The molecule has 1 heterocycles. The minimum Gasteiger partial charge on any atom is -0.370 e. The van der Waals surface area contributed by atoms with Gasteiger partial charge in [0.05, 0.1) is 13.2 Å². The molecule has 1 saturated heterocycles. The number of benzene rings is 1. The lowest BCUT2D eigenvalue weighted by Gasteiger charge is -2.37. The van der Waals surface area contributed by atoms with E-state index in [0.29, 0.717) is 29.7 Å². The van der Waals surface area contributed by atoms with E-state index in [4.69, 9.17) is 27.9 Å². The molecule has 0 N–H and O–H groups in total. The summed E-state index contributed by atoms with van der Waals surface area (Å²) >= 11 is 12.1. The van der Waals surface area contributed by atoms with Gasteiger partial charge in [-0.1, -0.05) is 29.6 Å². The van der Waals surface area contributed by atoms with Crippen molar-refractivity contribution < 1.29 is 9.53 Å². The van der Waals surface area contributed by atoms with Crippen molar-refractivity contribution >= 4 is 29.1 Å². The van der Waals surface area contributed by atoms with E-state index in [1.807, 2.05) is 17.0 Å². The van der Waals surface area contributed by atoms with E-state index >= 15 is 0 Å². The maximum absolute atomic E-state index is 12.3. The third-order valence-electron chi connectivity index (χ3n) is 4.09. The molecule has 1 aromatic carbocycles. The number of amides is 1. The number of morpholine rings is 1. The van der Waals surface area contributed by atoms with Gasteiger partial charge in [0.2, 0.25) is 5.91 Å². The van der Waals surface area contributed by atoms with E-state index in [0.717, 1.165) is 18.4 Å². The van der Waals surface area contributed by atoms with Gasteiger partial charge in [0.15, 0.2) is 0 Å². The summed E-state index contributed by atoms with van der Waals surface area (Å²) in [6.07, 6.45) is 3.10. The van der Waals surface area contributed by atoms with Gasteiger partial charge < -0.3 is 9.64 Å². The topological polar surface area (TPSA) is 29.5 Å². The zero-order chi connectivity index (χ0) is 14.1. The van der Waals surface area contributed by atoms with Crippen LogP contribution in [0.1, 0.15) is 30.9 Å². The van der Waals surface area contributed by atoms with Crippen molar-refractivity contribution in [3.05, 3.63) is 33.8 Å². The number of carbonyl (C=O) groups is 1. The van der Waals surface area contributed by atoms with E-state index in [9.17, 15) is 4.79 Å². The zero-order valence-electron chi connectivity index (χ0n) is 11.1. The minimum atomic E-state index is -0.135. The van der Waals surface area contributed by atoms with Crippen molar-refractivity contribution in [3.8, 4) is 0 Å². The van der Waals surface area contributed by atoms with Crippen LogP contribution >= 0.6 is 23.2 Å². The molecule has 0 spiro atoms. The molecule has 1 aromatic rings. The average molecular weight is 314 g/mol. The fourth-order valence-electron chi connectivity index (χ4n) is 2.73. The molecule has 0 unspecified atom stereocenters. The average Bonchev–Trinajstić information content (AvgIpc) is 2.35. The van der Waals surface area contributed by atoms with Crippen molar-refractivity contribution in [2.75, 3.05) is 19.7 Å². The standard InChI is InChI=1S/C15H17Cl2NO2/c16-12-6-11(7-13(17)8-12)14-9-18(4-5-20-14)15(19)10-2-1-3-10/h6-8,10,14H,1-5,9H2/t14-/m0/s1. The number of hydrogen-bond acceptors (Lipinski definition) is 2. The molecule has 0 radical (unpaired) electrons. The van der Waals surface area contributed by atoms with Crippen molar-refractivity contribution in [1.29, 1.82) is 0 Å². The molecular weight excluding hydrogens is 297 g/mol. The Hall–Kier alpha value is -0.770. The Morgan fingerprint density at radius 3 is 2.50 bits per heavy atom. The van der Waals surface area contributed by atoms with Gasteiger partial charge in [-0.2, -0.15) is 0 Å². The lowest BCUT2D eigenvalue weighted by atomic mass is 9.84. The molecule has 1 aliphatic heterocycles. The van der Waals surface area contributed by atoms with Gasteiger partial charge in [-0.3, -0.25) is 4.79 Å². The van der Waals surface area contributed by atoms with E-state index < -0.39 is 0 Å². The SMILES string of the molecule is O=C(C1CCC1)N1CCO[C@H](c2cc(Cl)cc(Cl)c2)C1. The van der Waals surface area contributed by atoms with Crippen LogP contribution in [0.15, 0.2) is 18.2 Å². The van der Waals surface area contributed by atoms with E-state index in [1.165, 1.54) is 6.42 Å². The second-order valence-electron chi connectivity index (χ2n) is 5.47. The Morgan fingerprint density at radius 1 is 1.20 bits per heavy atom. The largest absolute Gasteiger partial charge is 0.370 e. The van der Waals surface area contributed by atoms with Crippen LogP contribution < -0.4 is 0 Å². The van der Waals surface area contributed by atoms with Gasteiger partial charge in [-0.05, 0) is 36.6 Å². The van der Waals surface area contributed by atoms with E-state index in [1.54, 1.807) is 6.07 Å². The van der Waals surface area contributed by atoms with Crippen LogP contribution in [-0.2, 0) is 9.53 Å². The minimum absolute atomic E-state index is 0.135. The van der Waals surface area contributed by atoms with Crippen LogP contribution in [0.2, 0.25) is 10.0 Å². The summed E-state index contributed by atoms with van der Waals surface area (Å²) < 4.78 is 5.77. The number of carbonyl (C=O) groups excluding carboxylic acids is 1. The Kier molecular flexibility index (Phi) is 4.20. The van der Waals surface area contributed by atoms with Gasteiger partial charge in [0, 0.05) is 22.5 Å². The van der Waals surface area contributed by atoms with Crippen LogP contribution in [0.5, 0.6) is 0 Å². The predicted molar refractivity (Wildman–Crippen MR) is 79.1 cm³/mol. The monoisotopic (exact) mass is 313 g/mol. The van der Waals surface area contributed by atoms with Crippen LogP contribution in [-0.4, -0.2) is 30.5 Å². The highest BCUT2D eigenvalue weighted by Gasteiger charge is 2.33. The molecule has 0 bridgehead atoms. The molecule has 1 saturated carbocycles. The van der Waals surface area contributed by atoms with Crippen molar-refractivity contribution in [1.82, 2.24) is 4.90 Å². The summed E-state index contributed by atoms with van der Waals surface area (Å²) in [5.74, 6) is 0.509.